The topological polar surface area (TPSA) is 101 Å². The molecule has 2 amide bonds. The van der Waals surface area contributed by atoms with Crippen LogP contribution < -0.4 is 5.32 Å². The number of benzene rings is 1. The lowest BCUT2D eigenvalue weighted by atomic mass is 10.1. The molecule has 4 rings (SSSR count). The Kier molecular flexibility index (Phi) is 5.09. The molecule has 1 atom stereocenters. The highest BCUT2D eigenvalue weighted by Crippen LogP contribution is 2.20. The molecule has 1 aliphatic heterocycles. The van der Waals surface area contributed by atoms with E-state index in [4.69, 9.17) is 4.52 Å². The van der Waals surface area contributed by atoms with Gasteiger partial charge in [-0.2, -0.15) is 4.98 Å². The van der Waals surface area contributed by atoms with Gasteiger partial charge in [-0.3, -0.25) is 14.6 Å². The fourth-order valence-corrected chi connectivity index (χ4v) is 3.14. The monoisotopic (exact) mass is 377 g/mol. The number of nitrogens with one attached hydrogen (secondary N) is 1. The molecule has 8 nitrogen and oxygen atoms in total. The van der Waals surface area contributed by atoms with Crippen molar-refractivity contribution < 1.29 is 14.1 Å². The van der Waals surface area contributed by atoms with E-state index in [2.05, 4.69) is 20.4 Å². The molecule has 0 spiro atoms. The minimum absolute atomic E-state index is 0.0251. The third-order valence-corrected chi connectivity index (χ3v) is 4.62. The minimum Gasteiger partial charge on any atom is -0.348 e. The van der Waals surface area contributed by atoms with E-state index in [1.165, 1.54) is 0 Å². The maximum atomic E-state index is 12.5. The van der Waals surface area contributed by atoms with Crippen molar-refractivity contribution in [2.24, 2.45) is 5.92 Å². The summed E-state index contributed by atoms with van der Waals surface area (Å²) >= 11 is 0. The van der Waals surface area contributed by atoms with Gasteiger partial charge >= 0.3 is 0 Å². The SMILES string of the molecule is O=C(NCc1noc(-c2ccccc2)n1)[C@H]1CC(=O)N(Cc2ccncc2)C1. The summed E-state index contributed by atoms with van der Waals surface area (Å²) < 4.78 is 5.23. The molecule has 0 saturated carbocycles. The second-order valence-corrected chi connectivity index (χ2v) is 6.63. The zero-order valence-electron chi connectivity index (χ0n) is 15.1. The highest BCUT2D eigenvalue weighted by atomic mass is 16.5. The molecular weight excluding hydrogens is 358 g/mol. The van der Waals surface area contributed by atoms with Crippen molar-refractivity contribution in [1.82, 2.24) is 25.3 Å². The Hall–Kier alpha value is -3.55. The smallest absolute Gasteiger partial charge is 0.257 e. The third kappa shape index (κ3) is 4.06. The highest BCUT2D eigenvalue weighted by Gasteiger charge is 2.34. The largest absolute Gasteiger partial charge is 0.348 e. The Morgan fingerprint density at radius 3 is 2.75 bits per heavy atom. The van der Waals surface area contributed by atoms with Crippen LogP contribution in [0.4, 0.5) is 0 Å². The van der Waals surface area contributed by atoms with Crippen LogP contribution in [0.3, 0.4) is 0 Å². The number of likely N-dealkylation sites (tertiary alicyclic amines) is 1. The van der Waals surface area contributed by atoms with Crippen molar-refractivity contribution in [1.29, 1.82) is 0 Å². The van der Waals surface area contributed by atoms with Crippen molar-refractivity contribution in [2.45, 2.75) is 19.5 Å². The first-order valence-electron chi connectivity index (χ1n) is 9.01. The Labute approximate surface area is 161 Å². The van der Waals surface area contributed by atoms with Crippen molar-refractivity contribution in [3.05, 3.63) is 66.2 Å². The van der Waals surface area contributed by atoms with E-state index in [0.717, 1.165) is 11.1 Å². The quantitative estimate of drug-likeness (QED) is 0.703. The minimum atomic E-state index is -0.380. The van der Waals surface area contributed by atoms with E-state index in [1.807, 2.05) is 42.5 Å². The van der Waals surface area contributed by atoms with Gasteiger partial charge in [0.2, 0.25) is 11.8 Å². The molecule has 0 radical (unpaired) electrons. The molecular formula is C20H19N5O3. The van der Waals surface area contributed by atoms with Crippen LogP contribution in [0, 0.1) is 5.92 Å². The van der Waals surface area contributed by atoms with Gasteiger partial charge in [0.15, 0.2) is 5.82 Å². The van der Waals surface area contributed by atoms with E-state index >= 15 is 0 Å². The molecule has 8 heteroatoms. The Balaban J connectivity index is 1.31. The first kappa shape index (κ1) is 17.8. The van der Waals surface area contributed by atoms with Crippen LogP contribution in [0.1, 0.15) is 17.8 Å². The predicted octanol–water partition coefficient (Wildman–Crippen LogP) is 1.80. The zero-order chi connectivity index (χ0) is 19.3. The molecule has 0 bridgehead atoms. The number of amides is 2. The summed E-state index contributed by atoms with van der Waals surface area (Å²) in [6, 6.07) is 13.1. The Bertz CT molecular complexity index is 958. The summed E-state index contributed by atoms with van der Waals surface area (Å²) in [7, 11) is 0. The number of nitrogens with zero attached hydrogens (tertiary/aromatic N) is 4. The summed E-state index contributed by atoms with van der Waals surface area (Å²) in [4.78, 5) is 34.6. The van der Waals surface area contributed by atoms with Gasteiger partial charge in [0.25, 0.3) is 5.89 Å². The van der Waals surface area contributed by atoms with Crippen LogP contribution in [-0.2, 0) is 22.7 Å². The van der Waals surface area contributed by atoms with Crippen molar-refractivity contribution >= 4 is 11.8 Å². The molecule has 1 aromatic carbocycles. The predicted molar refractivity (Wildman–Crippen MR) is 99.3 cm³/mol. The number of carbonyl (C=O) groups excluding carboxylic acids is 2. The summed E-state index contributed by atoms with van der Waals surface area (Å²) in [5, 5.41) is 6.69. The van der Waals surface area contributed by atoms with Crippen LogP contribution in [0.15, 0.2) is 59.4 Å². The lowest BCUT2D eigenvalue weighted by Gasteiger charge is -2.16. The number of aromatic nitrogens is 3. The van der Waals surface area contributed by atoms with Crippen LogP contribution in [0.2, 0.25) is 0 Å². The van der Waals surface area contributed by atoms with E-state index < -0.39 is 0 Å². The molecule has 0 unspecified atom stereocenters. The van der Waals surface area contributed by atoms with Gasteiger partial charge in [0.1, 0.15) is 0 Å². The molecule has 28 heavy (non-hydrogen) atoms. The molecule has 3 aromatic rings. The maximum absolute atomic E-state index is 12.5. The normalized spacial score (nSPS) is 16.4. The van der Waals surface area contributed by atoms with Gasteiger partial charge in [-0.25, -0.2) is 0 Å². The van der Waals surface area contributed by atoms with Crippen molar-refractivity contribution in [3.8, 4) is 11.5 Å². The molecule has 0 aliphatic carbocycles. The second kappa shape index (κ2) is 7.99. The maximum Gasteiger partial charge on any atom is 0.257 e. The van der Waals surface area contributed by atoms with Gasteiger partial charge in [-0.1, -0.05) is 23.4 Å². The van der Waals surface area contributed by atoms with Gasteiger partial charge in [-0.05, 0) is 29.8 Å². The van der Waals surface area contributed by atoms with E-state index in [9.17, 15) is 9.59 Å². The molecule has 1 aliphatic rings. The number of hydrogen-bond acceptors (Lipinski definition) is 6. The van der Waals surface area contributed by atoms with E-state index in [1.54, 1.807) is 17.3 Å². The lowest BCUT2D eigenvalue weighted by Crippen LogP contribution is -2.32. The van der Waals surface area contributed by atoms with Crippen LogP contribution in [-0.4, -0.2) is 38.4 Å². The van der Waals surface area contributed by atoms with Gasteiger partial charge in [0.05, 0.1) is 12.5 Å². The van der Waals surface area contributed by atoms with E-state index in [-0.39, 0.29) is 30.7 Å². The van der Waals surface area contributed by atoms with E-state index in [0.29, 0.717) is 24.8 Å². The first-order chi connectivity index (χ1) is 13.7. The second-order valence-electron chi connectivity index (χ2n) is 6.63. The van der Waals surface area contributed by atoms with Gasteiger partial charge in [-0.15, -0.1) is 0 Å². The number of carbonyl (C=O) groups is 2. The molecule has 1 fully saturated rings. The van der Waals surface area contributed by atoms with Gasteiger partial charge < -0.3 is 14.7 Å². The summed E-state index contributed by atoms with van der Waals surface area (Å²) in [5.41, 5.74) is 1.81. The average Bonchev–Trinajstić information content (AvgIpc) is 3.35. The molecule has 1 N–H and O–H groups in total. The Morgan fingerprint density at radius 1 is 1.18 bits per heavy atom. The van der Waals surface area contributed by atoms with Gasteiger partial charge in [0, 0.05) is 37.5 Å². The molecule has 2 aromatic heterocycles. The van der Waals surface area contributed by atoms with Crippen molar-refractivity contribution in [2.75, 3.05) is 6.54 Å². The van der Waals surface area contributed by atoms with Crippen LogP contribution in [0.5, 0.6) is 0 Å². The molecule has 1 saturated heterocycles. The lowest BCUT2D eigenvalue weighted by molar-refractivity contribution is -0.129. The van der Waals surface area contributed by atoms with Crippen molar-refractivity contribution in [3.63, 3.8) is 0 Å². The summed E-state index contributed by atoms with van der Waals surface area (Å²) in [5.74, 6) is 0.212. The fourth-order valence-electron chi connectivity index (χ4n) is 3.14. The first-order valence-corrected chi connectivity index (χ1v) is 9.01. The van der Waals surface area contributed by atoms with Crippen LogP contribution in [0.25, 0.3) is 11.5 Å². The molecule has 3 heterocycles. The Morgan fingerprint density at radius 2 is 1.96 bits per heavy atom. The average molecular weight is 377 g/mol. The highest BCUT2D eigenvalue weighted by molar-refractivity contribution is 5.89. The fraction of sp³-hybridized carbons (Fsp3) is 0.250. The third-order valence-electron chi connectivity index (χ3n) is 4.62. The molecule has 142 valence electrons. The number of rotatable bonds is 6. The summed E-state index contributed by atoms with van der Waals surface area (Å²) in [6.07, 6.45) is 3.59. The number of pyridine rings is 1. The zero-order valence-corrected chi connectivity index (χ0v) is 15.1. The standard InChI is InChI=1S/C20H19N5O3/c26-18-10-16(13-25(18)12-14-6-8-21-9-7-14)19(27)22-11-17-23-20(28-24-17)15-4-2-1-3-5-15/h1-9,16H,10-13H2,(H,22,27)/t16-/m0/s1. The summed E-state index contributed by atoms with van der Waals surface area (Å²) in [6.45, 7) is 1.04. The van der Waals surface area contributed by atoms with Crippen LogP contribution >= 0.6 is 0 Å². The number of hydrogen-bond donors (Lipinski definition) is 1.